The van der Waals surface area contributed by atoms with Crippen LogP contribution < -0.4 is 10.8 Å². The number of nitrogens with two attached hydrogens (primary N) is 1. The Balaban J connectivity index is 1.76. The van der Waals surface area contributed by atoms with E-state index in [1.165, 1.54) is 14.0 Å². The zero-order valence-electron chi connectivity index (χ0n) is 21.0. The number of hydrogen-bond donors (Lipinski definition) is 3. The molecule has 2 aliphatic rings. The summed E-state index contributed by atoms with van der Waals surface area (Å²) >= 11 is 0. The van der Waals surface area contributed by atoms with Crippen LogP contribution in [0, 0.1) is 10.1 Å². The number of rotatable bonds is 12. The van der Waals surface area contributed by atoms with Crippen LogP contribution in [0.2, 0.25) is 0 Å². The smallest absolute Gasteiger partial charge is 0.434 e. The molecule has 1 unspecified atom stereocenters. The molecule has 0 aromatic carbocycles. The fourth-order valence-electron chi connectivity index (χ4n) is 3.44. The highest BCUT2D eigenvalue weighted by atomic mass is 31.2. The third kappa shape index (κ3) is 6.63. The minimum absolute atomic E-state index is 0.00885. The number of esters is 1. The number of guanidine groups is 1. The number of alkyl halides is 2. The molecule has 3 rings (SSSR count). The Kier molecular flexibility index (Phi) is 9.14. The van der Waals surface area contributed by atoms with E-state index < -0.39 is 68.2 Å². The number of imidazole rings is 1. The average molecular weight is 580 g/mol. The molecular formula is C19H27F2N8O9P. The highest BCUT2D eigenvalue weighted by Crippen LogP contribution is 2.47. The van der Waals surface area contributed by atoms with Gasteiger partial charge in [-0.1, -0.05) is 11.6 Å². The van der Waals surface area contributed by atoms with Crippen LogP contribution in [0.5, 0.6) is 0 Å². The van der Waals surface area contributed by atoms with Crippen LogP contribution in [0.1, 0.15) is 19.5 Å². The molecule has 17 nitrogen and oxygen atoms in total. The lowest BCUT2D eigenvalue weighted by Gasteiger charge is -2.30. The molecule has 0 bridgehead atoms. The predicted molar refractivity (Wildman–Crippen MR) is 128 cm³/mol. The lowest BCUT2D eigenvalue weighted by molar-refractivity contribution is -0.396. The molecular weight excluding hydrogens is 553 g/mol. The van der Waals surface area contributed by atoms with Gasteiger partial charge < -0.3 is 30.4 Å². The number of nitro groups is 1. The number of nitrogens with zero attached hydrogens (tertiary/aromatic N) is 6. The highest BCUT2D eigenvalue weighted by Gasteiger charge is 2.61. The molecule has 3 heterocycles. The standard InChI is InChI=1S/C19H27F2N8O9P/c1-5-35-15(31)10(2)26-39(34,36-7-12-6-23-18(27(12)4)29(32)33)37-8-13-14(30)19(20,21)16(38-13)28-9-24-17(22)25-11(28)3/h6,9-10,13-14,16,30H,3,5,7-8H2,1-2,4H3,(H2,22,25)(H,26,34)/t10-,13+,14-,16+,39?/m0/s1. The summed E-state index contributed by atoms with van der Waals surface area (Å²) in [4.78, 5) is 34.0. The molecule has 1 aromatic rings. The van der Waals surface area contributed by atoms with Gasteiger partial charge in [-0.25, -0.2) is 19.2 Å². The first-order valence-electron chi connectivity index (χ1n) is 11.3. The van der Waals surface area contributed by atoms with E-state index in [1.54, 1.807) is 6.92 Å². The van der Waals surface area contributed by atoms with E-state index in [9.17, 15) is 33.4 Å². The summed E-state index contributed by atoms with van der Waals surface area (Å²) in [5, 5.41) is 23.6. The molecule has 1 aromatic heterocycles. The van der Waals surface area contributed by atoms with Crippen molar-refractivity contribution in [3.05, 3.63) is 34.4 Å². The molecule has 20 heteroatoms. The van der Waals surface area contributed by atoms with Crippen LogP contribution in [0.4, 0.5) is 14.7 Å². The largest absolute Gasteiger partial charge is 0.465 e. The van der Waals surface area contributed by atoms with E-state index in [0.717, 1.165) is 22.0 Å². The van der Waals surface area contributed by atoms with Crippen LogP contribution in [0.25, 0.3) is 0 Å². The normalized spacial score (nSPS) is 24.8. The number of carbonyl (C=O) groups is 1. The minimum atomic E-state index is -4.54. The number of aliphatic hydroxyl groups is 1. The van der Waals surface area contributed by atoms with Crippen LogP contribution >= 0.6 is 7.75 Å². The van der Waals surface area contributed by atoms with E-state index in [1.807, 2.05) is 0 Å². The Bertz CT molecular complexity index is 1230. The van der Waals surface area contributed by atoms with Gasteiger partial charge in [0.2, 0.25) is 12.2 Å². The van der Waals surface area contributed by atoms with Gasteiger partial charge in [-0.15, -0.1) is 0 Å². The quantitative estimate of drug-likeness (QED) is 0.132. The van der Waals surface area contributed by atoms with E-state index in [0.29, 0.717) is 0 Å². The number of aromatic nitrogens is 2. The van der Waals surface area contributed by atoms with Gasteiger partial charge in [-0.3, -0.25) is 18.7 Å². The monoisotopic (exact) mass is 580 g/mol. The van der Waals surface area contributed by atoms with Crippen LogP contribution in [0.3, 0.4) is 0 Å². The molecule has 0 saturated carbocycles. The third-order valence-electron chi connectivity index (χ3n) is 5.49. The van der Waals surface area contributed by atoms with Gasteiger partial charge in [0, 0.05) is 0 Å². The van der Waals surface area contributed by atoms with E-state index in [2.05, 4.69) is 26.6 Å². The molecule has 39 heavy (non-hydrogen) atoms. The average Bonchev–Trinajstić information content (AvgIpc) is 3.33. The van der Waals surface area contributed by atoms with Crippen molar-refractivity contribution in [1.82, 2.24) is 19.5 Å². The van der Waals surface area contributed by atoms with Gasteiger partial charge in [-0.2, -0.15) is 13.8 Å². The second kappa shape index (κ2) is 11.8. The van der Waals surface area contributed by atoms with Gasteiger partial charge in [0.15, 0.2) is 6.10 Å². The van der Waals surface area contributed by atoms with Crippen molar-refractivity contribution in [3.63, 3.8) is 0 Å². The topological polar surface area (TPSA) is 218 Å². The van der Waals surface area contributed by atoms with E-state index >= 15 is 0 Å². The predicted octanol–water partition coefficient (Wildman–Crippen LogP) is 0.362. The molecule has 216 valence electrons. The third-order valence-corrected chi connectivity index (χ3v) is 7.16. The fraction of sp³-hybridized carbons (Fsp3) is 0.579. The summed E-state index contributed by atoms with van der Waals surface area (Å²) in [5.74, 6) is -5.70. The van der Waals surface area contributed by atoms with Gasteiger partial charge in [0.25, 0.3) is 0 Å². The van der Waals surface area contributed by atoms with E-state index in [-0.39, 0.29) is 24.1 Å². The van der Waals surface area contributed by atoms with Crippen molar-refractivity contribution in [2.24, 2.45) is 22.8 Å². The van der Waals surface area contributed by atoms with Gasteiger partial charge >= 0.3 is 25.6 Å². The Morgan fingerprint density at radius 2 is 2.18 bits per heavy atom. The van der Waals surface area contributed by atoms with Crippen LogP contribution in [-0.4, -0.2) is 86.4 Å². The fourth-order valence-corrected chi connectivity index (χ4v) is 4.89. The maximum atomic E-state index is 14.9. The molecule has 0 radical (unpaired) electrons. The Labute approximate surface area is 220 Å². The molecule has 1 fully saturated rings. The van der Waals surface area contributed by atoms with Crippen molar-refractivity contribution in [1.29, 1.82) is 0 Å². The van der Waals surface area contributed by atoms with Crippen LogP contribution in [-0.2, 0) is 41.5 Å². The Morgan fingerprint density at radius 1 is 1.49 bits per heavy atom. The van der Waals surface area contributed by atoms with E-state index in [4.69, 9.17) is 24.3 Å². The first kappa shape index (κ1) is 30.2. The molecule has 0 amide bonds. The van der Waals surface area contributed by atoms with Gasteiger partial charge in [0.1, 0.15) is 42.8 Å². The SMILES string of the molecule is C=C1N=C(N)N=CN1[C@@H]1O[C@H](COP(=O)(N[C@@H](C)C(=O)OCC)OCc2cnc([N+](=O)[O-])n2C)[C@H](O)C1(F)F. The van der Waals surface area contributed by atoms with Gasteiger partial charge in [-0.05, 0) is 18.8 Å². The second-order valence-electron chi connectivity index (χ2n) is 8.22. The lowest BCUT2D eigenvalue weighted by Crippen LogP contribution is -2.49. The van der Waals surface area contributed by atoms with Crippen molar-refractivity contribution in [2.75, 3.05) is 13.2 Å². The molecule has 0 aliphatic carbocycles. The molecule has 2 aliphatic heterocycles. The number of nitrogens with one attached hydrogen (secondary N) is 1. The zero-order valence-corrected chi connectivity index (χ0v) is 21.9. The van der Waals surface area contributed by atoms with Crippen LogP contribution in [0.15, 0.2) is 28.6 Å². The second-order valence-corrected chi connectivity index (χ2v) is 9.99. The molecule has 4 N–H and O–H groups in total. The summed E-state index contributed by atoms with van der Waals surface area (Å²) < 4.78 is 65.2. The van der Waals surface area contributed by atoms with Gasteiger partial charge in [0.05, 0.1) is 20.3 Å². The number of carbonyl (C=O) groups excluding carboxylic acids is 1. The lowest BCUT2D eigenvalue weighted by atomic mass is 10.1. The first-order valence-corrected chi connectivity index (χ1v) is 12.8. The highest BCUT2D eigenvalue weighted by molar-refractivity contribution is 7.51. The maximum absolute atomic E-state index is 14.9. The summed E-state index contributed by atoms with van der Waals surface area (Å²) in [6.45, 7) is 4.88. The summed E-state index contributed by atoms with van der Waals surface area (Å²) in [5.41, 5.74) is 5.52. The first-order chi connectivity index (χ1) is 18.2. The number of halogens is 2. The summed E-state index contributed by atoms with van der Waals surface area (Å²) in [6.07, 6.45) is -4.31. The minimum Gasteiger partial charge on any atom is -0.465 e. The number of aliphatic imine (C=N–C) groups is 2. The van der Waals surface area contributed by atoms with Crippen molar-refractivity contribution >= 4 is 32.0 Å². The number of ether oxygens (including phenoxy) is 2. The molecule has 5 atom stereocenters. The molecule has 1 saturated heterocycles. The van der Waals surface area contributed by atoms with Crippen molar-refractivity contribution in [2.45, 2.75) is 50.9 Å². The number of hydrogen-bond acceptors (Lipinski definition) is 14. The zero-order chi connectivity index (χ0) is 29.1. The van der Waals surface area contributed by atoms with Crippen molar-refractivity contribution < 1.29 is 46.7 Å². The number of aliphatic hydroxyl groups excluding tert-OH is 1. The Morgan fingerprint density at radius 3 is 2.77 bits per heavy atom. The van der Waals surface area contributed by atoms with Crippen molar-refractivity contribution in [3.8, 4) is 0 Å². The molecule has 0 spiro atoms. The summed E-state index contributed by atoms with van der Waals surface area (Å²) in [6, 6.07) is -1.25. The maximum Gasteiger partial charge on any atom is 0.434 e. The Hall–Kier alpha value is -3.35. The summed E-state index contributed by atoms with van der Waals surface area (Å²) in [7, 11) is -3.23.